The van der Waals surface area contributed by atoms with E-state index in [0.29, 0.717) is 15.9 Å². The van der Waals surface area contributed by atoms with Crippen molar-refractivity contribution in [3.63, 3.8) is 0 Å². The summed E-state index contributed by atoms with van der Waals surface area (Å²) >= 11 is 3.20. The van der Waals surface area contributed by atoms with Crippen molar-refractivity contribution in [3.05, 3.63) is 28.9 Å². The number of nitrogens with zero attached hydrogens (tertiary/aromatic N) is 3. The number of carbonyl (C=O) groups is 1. The van der Waals surface area contributed by atoms with E-state index >= 15 is 0 Å². The lowest BCUT2D eigenvalue weighted by molar-refractivity contribution is -0.138. The molecule has 1 atom stereocenters. The van der Waals surface area contributed by atoms with Crippen LogP contribution in [0, 0.1) is 0 Å². The van der Waals surface area contributed by atoms with E-state index in [1.165, 1.54) is 6.20 Å². The zero-order valence-electron chi connectivity index (χ0n) is 7.46. The molecule has 0 aliphatic rings. The van der Waals surface area contributed by atoms with Gasteiger partial charge in [-0.25, -0.2) is 9.97 Å². The van der Waals surface area contributed by atoms with Crippen molar-refractivity contribution >= 4 is 27.5 Å². The second-order valence-electron chi connectivity index (χ2n) is 2.96. The highest BCUT2D eigenvalue weighted by Crippen LogP contribution is 2.13. The summed E-state index contributed by atoms with van der Waals surface area (Å²) in [7, 11) is 0. The normalized spacial score (nSPS) is 12.9. The van der Waals surface area contributed by atoms with E-state index in [4.69, 9.17) is 10.8 Å². The third-order valence-corrected chi connectivity index (χ3v) is 2.32. The maximum Gasteiger partial charge on any atom is 0.326 e. The van der Waals surface area contributed by atoms with E-state index in [2.05, 4.69) is 25.9 Å². The van der Waals surface area contributed by atoms with Crippen LogP contribution in [0.4, 0.5) is 0 Å². The molecule has 1 unspecified atom stereocenters. The number of halogens is 1. The average Bonchev–Trinajstić information content (AvgIpc) is 2.58. The van der Waals surface area contributed by atoms with Crippen LogP contribution in [0.2, 0.25) is 0 Å². The quantitative estimate of drug-likeness (QED) is 0.833. The van der Waals surface area contributed by atoms with E-state index in [1.54, 1.807) is 16.8 Å². The summed E-state index contributed by atoms with van der Waals surface area (Å²) < 4.78 is 2.30. The zero-order valence-corrected chi connectivity index (χ0v) is 9.05. The van der Waals surface area contributed by atoms with Gasteiger partial charge >= 0.3 is 5.97 Å². The molecule has 0 radical (unpaired) electrons. The highest BCUT2D eigenvalue weighted by atomic mass is 79.9. The van der Waals surface area contributed by atoms with Crippen molar-refractivity contribution in [2.24, 2.45) is 5.73 Å². The van der Waals surface area contributed by atoms with E-state index in [0.717, 1.165) is 0 Å². The molecule has 2 aromatic rings. The Balaban J connectivity index is 2.51. The zero-order chi connectivity index (χ0) is 11.0. The van der Waals surface area contributed by atoms with Crippen molar-refractivity contribution in [2.45, 2.75) is 6.04 Å². The lowest BCUT2D eigenvalue weighted by Crippen LogP contribution is -2.20. The number of aliphatic carboxylic acids is 1. The Morgan fingerprint density at radius 3 is 3.00 bits per heavy atom. The Labute approximate surface area is 92.9 Å². The topological polar surface area (TPSA) is 93.5 Å². The van der Waals surface area contributed by atoms with Crippen molar-refractivity contribution in [2.75, 3.05) is 0 Å². The van der Waals surface area contributed by atoms with Gasteiger partial charge in [-0.15, -0.1) is 0 Å². The summed E-state index contributed by atoms with van der Waals surface area (Å²) in [4.78, 5) is 18.7. The van der Waals surface area contributed by atoms with Crippen molar-refractivity contribution in [1.29, 1.82) is 0 Å². The highest BCUT2D eigenvalue weighted by molar-refractivity contribution is 9.10. The van der Waals surface area contributed by atoms with Crippen molar-refractivity contribution in [1.82, 2.24) is 14.4 Å². The summed E-state index contributed by atoms with van der Waals surface area (Å²) in [5.41, 5.74) is 6.30. The van der Waals surface area contributed by atoms with E-state index in [1.807, 2.05) is 0 Å². The first-order valence-electron chi connectivity index (χ1n) is 4.06. The minimum atomic E-state index is -1.11. The fraction of sp³-hybridized carbons (Fsp3) is 0.125. The Morgan fingerprint density at radius 1 is 1.60 bits per heavy atom. The van der Waals surface area contributed by atoms with Crippen LogP contribution in [-0.2, 0) is 4.79 Å². The summed E-state index contributed by atoms with van der Waals surface area (Å²) in [6, 6.07) is -1.11. The summed E-state index contributed by atoms with van der Waals surface area (Å²) in [6.07, 6.45) is 4.78. The Bertz CT molecular complexity index is 524. The maximum atomic E-state index is 10.6. The fourth-order valence-electron chi connectivity index (χ4n) is 1.17. The molecule has 2 rings (SSSR count). The summed E-state index contributed by atoms with van der Waals surface area (Å²) in [6.45, 7) is 0. The SMILES string of the molecule is NC(C(=O)O)c1cn2cc(Br)ncc2n1. The van der Waals surface area contributed by atoms with Crippen LogP contribution in [0.1, 0.15) is 11.7 Å². The minimum absolute atomic E-state index is 0.308. The lowest BCUT2D eigenvalue weighted by atomic mass is 10.2. The van der Waals surface area contributed by atoms with Gasteiger partial charge in [0, 0.05) is 12.4 Å². The van der Waals surface area contributed by atoms with Crippen LogP contribution < -0.4 is 5.73 Å². The molecule has 2 heterocycles. The van der Waals surface area contributed by atoms with Gasteiger partial charge in [-0.1, -0.05) is 0 Å². The molecule has 7 heteroatoms. The third kappa shape index (κ3) is 1.83. The number of carboxylic acids is 1. The fourth-order valence-corrected chi connectivity index (χ4v) is 1.49. The first kappa shape index (κ1) is 10.1. The van der Waals surface area contributed by atoms with Gasteiger partial charge in [0.05, 0.1) is 11.9 Å². The Kier molecular flexibility index (Phi) is 2.41. The van der Waals surface area contributed by atoms with Gasteiger partial charge in [-0.3, -0.25) is 4.79 Å². The van der Waals surface area contributed by atoms with Gasteiger partial charge in [0.1, 0.15) is 10.6 Å². The molecule has 0 fully saturated rings. The van der Waals surface area contributed by atoms with E-state index in [-0.39, 0.29) is 0 Å². The van der Waals surface area contributed by atoms with E-state index < -0.39 is 12.0 Å². The Morgan fingerprint density at radius 2 is 2.33 bits per heavy atom. The van der Waals surface area contributed by atoms with Crippen LogP contribution in [0.15, 0.2) is 23.2 Å². The number of hydrogen-bond acceptors (Lipinski definition) is 4. The maximum absolute atomic E-state index is 10.6. The number of rotatable bonds is 2. The molecule has 0 aliphatic carbocycles. The second-order valence-corrected chi connectivity index (χ2v) is 3.77. The van der Waals surface area contributed by atoms with Gasteiger partial charge in [-0.05, 0) is 15.9 Å². The molecule has 0 spiro atoms. The lowest BCUT2D eigenvalue weighted by Gasteiger charge is -1.99. The van der Waals surface area contributed by atoms with Crippen molar-refractivity contribution < 1.29 is 9.90 Å². The van der Waals surface area contributed by atoms with Gasteiger partial charge in [0.15, 0.2) is 5.65 Å². The van der Waals surface area contributed by atoms with Crippen LogP contribution in [0.5, 0.6) is 0 Å². The summed E-state index contributed by atoms with van der Waals surface area (Å²) in [5.74, 6) is -1.11. The summed E-state index contributed by atoms with van der Waals surface area (Å²) in [5, 5.41) is 8.72. The minimum Gasteiger partial charge on any atom is -0.480 e. The monoisotopic (exact) mass is 270 g/mol. The standard InChI is InChI=1S/C8H7BrN4O2/c9-5-3-13-2-4(7(10)8(14)15)12-6(13)1-11-5/h1-3,7H,10H2,(H,14,15). The molecule has 3 N–H and O–H groups in total. The van der Waals surface area contributed by atoms with Crippen LogP contribution >= 0.6 is 15.9 Å². The number of fused-ring (bicyclic) bond motifs is 1. The molecule has 0 saturated carbocycles. The first-order valence-corrected chi connectivity index (χ1v) is 4.86. The number of hydrogen-bond donors (Lipinski definition) is 2. The van der Waals surface area contributed by atoms with Crippen molar-refractivity contribution in [3.8, 4) is 0 Å². The number of nitrogens with two attached hydrogens (primary N) is 1. The Hall–Kier alpha value is -1.47. The number of imidazole rings is 1. The third-order valence-electron chi connectivity index (χ3n) is 1.91. The van der Waals surface area contributed by atoms with Crippen LogP contribution in [-0.4, -0.2) is 25.4 Å². The van der Waals surface area contributed by atoms with E-state index in [9.17, 15) is 4.79 Å². The molecule has 0 aliphatic heterocycles. The van der Waals surface area contributed by atoms with Gasteiger partial charge in [-0.2, -0.15) is 0 Å². The van der Waals surface area contributed by atoms with Crippen LogP contribution in [0.3, 0.4) is 0 Å². The number of aromatic nitrogens is 3. The molecule has 78 valence electrons. The van der Waals surface area contributed by atoms with Gasteiger partial charge in [0.25, 0.3) is 0 Å². The molecule has 0 aromatic carbocycles. The molecule has 0 saturated heterocycles. The molecule has 6 nitrogen and oxygen atoms in total. The predicted octanol–water partition coefficient (Wildman–Crippen LogP) is 0.576. The van der Waals surface area contributed by atoms with Gasteiger partial charge < -0.3 is 15.2 Å². The molecule has 0 amide bonds. The molecular formula is C8H7BrN4O2. The number of carboxylic acid groups (broad SMARTS) is 1. The second kappa shape index (κ2) is 3.59. The largest absolute Gasteiger partial charge is 0.480 e. The smallest absolute Gasteiger partial charge is 0.326 e. The first-order chi connectivity index (χ1) is 7.08. The molecule has 15 heavy (non-hydrogen) atoms. The average molecular weight is 271 g/mol. The molecular weight excluding hydrogens is 264 g/mol. The molecule has 2 aromatic heterocycles. The highest BCUT2D eigenvalue weighted by Gasteiger charge is 2.17. The van der Waals surface area contributed by atoms with Gasteiger partial charge in [0.2, 0.25) is 0 Å². The van der Waals surface area contributed by atoms with Crippen LogP contribution in [0.25, 0.3) is 5.65 Å². The molecule has 0 bridgehead atoms. The predicted molar refractivity (Wildman–Crippen MR) is 55.3 cm³/mol.